The average Bonchev–Trinajstić information content (AvgIpc) is 3.64. The van der Waals surface area contributed by atoms with E-state index in [1.165, 1.54) is 25.7 Å². The number of carbonyl (C=O) groups excluding carboxylic acids is 1. The summed E-state index contributed by atoms with van der Waals surface area (Å²) in [4.78, 5) is 17.3. The minimum absolute atomic E-state index is 0.106. The zero-order chi connectivity index (χ0) is 24.0. The molecule has 1 aliphatic carbocycles. The minimum atomic E-state index is -0.106. The molecule has 0 spiro atoms. The van der Waals surface area contributed by atoms with E-state index in [4.69, 9.17) is 4.74 Å². The molecule has 1 saturated carbocycles. The number of pyridine rings is 1. The van der Waals surface area contributed by atoms with Gasteiger partial charge in [0.25, 0.3) is 5.91 Å². The van der Waals surface area contributed by atoms with Crippen molar-refractivity contribution >= 4 is 23.3 Å². The first-order chi connectivity index (χ1) is 17.2. The molecule has 1 amide bonds. The van der Waals surface area contributed by atoms with Gasteiger partial charge in [0.15, 0.2) is 5.16 Å². The summed E-state index contributed by atoms with van der Waals surface area (Å²) in [6.45, 7) is 0.920. The summed E-state index contributed by atoms with van der Waals surface area (Å²) < 4.78 is 10.2. The Labute approximate surface area is 209 Å². The quantitative estimate of drug-likeness (QED) is 0.256. The lowest BCUT2D eigenvalue weighted by atomic mass is 10.2. The number of amides is 1. The number of benzene rings is 1. The molecular formula is C26H30N6O2S. The molecule has 4 aromatic rings. The van der Waals surface area contributed by atoms with Crippen molar-refractivity contribution in [3.8, 4) is 5.75 Å². The minimum Gasteiger partial charge on any atom is -0.487 e. The van der Waals surface area contributed by atoms with Crippen molar-refractivity contribution in [2.75, 3.05) is 12.8 Å². The fourth-order valence-electron chi connectivity index (χ4n) is 4.64. The highest BCUT2D eigenvalue weighted by molar-refractivity contribution is 7.98. The first-order valence-corrected chi connectivity index (χ1v) is 13.3. The third-order valence-electron chi connectivity index (χ3n) is 6.37. The topological polar surface area (TPSA) is 86.3 Å². The van der Waals surface area contributed by atoms with Crippen LogP contribution in [0.4, 0.5) is 0 Å². The third kappa shape index (κ3) is 5.51. The number of carbonyl (C=O) groups is 1. The van der Waals surface area contributed by atoms with Crippen LogP contribution >= 0.6 is 11.8 Å². The van der Waals surface area contributed by atoms with Gasteiger partial charge in [-0.3, -0.25) is 4.79 Å². The number of ether oxygens (including phenoxy) is 1. The van der Waals surface area contributed by atoms with Crippen molar-refractivity contribution in [3.63, 3.8) is 0 Å². The van der Waals surface area contributed by atoms with Crippen LogP contribution in [0.3, 0.4) is 0 Å². The molecule has 8 nitrogen and oxygen atoms in total. The van der Waals surface area contributed by atoms with E-state index in [-0.39, 0.29) is 5.91 Å². The Morgan fingerprint density at radius 1 is 1.17 bits per heavy atom. The lowest BCUT2D eigenvalue weighted by Crippen LogP contribution is -2.25. The van der Waals surface area contributed by atoms with E-state index >= 15 is 0 Å². The van der Waals surface area contributed by atoms with Crippen molar-refractivity contribution < 1.29 is 9.53 Å². The number of hydrogen-bond acceptors (Lipinski definition) is 6. The molecule has 3 aromatic heterocycles. The lowest BCUT2D eigenvalue weighted by molar-refractivity contribution is 0.0952. The smallest absolute Gasteiger partial charge is 0.251 e. The van der Waals surface area contributed by atoms with Gasteiger partial charge >= 0.3 is 0 Å². The molecule has 1 aromatic carbocycles. The monoisotopic (exact) mass is 490 g/mol. The molecule has 0 unspecified atom stereocenters. The van der Waals surface area contributed by atoms with Crippen molar-refractivity contribution in [1.82, 2.24) is 29.5 Å². The molecule has 182 valence electrons. The van der Waals surface area contributed by atoms with Crippen molar-refractivity contribution in [1.29, 1.82) is 0 Å². The van der Waals surface area contributed by atoms with Crippen LogP contribution in [0, 0.1) is 0 Å². The number of rotatable bonds is 10. The molecule has 0 saturated heterocycles. The molecule has 3 heterocycles. The van der Waals surface area contributed by atoms with Crippen LogP contribution in [0.15, 0.2) is 60.0 Å². The number of aromatic nitrogens is 5. The highest BCUT2D eigenvalue weighted by Crippen LogP contribution is 2.33. The Morgan fingerprint density at radius 2 is 2.06 bits per heavy atom. The molecule has 1 aliphatic rings. The Balaban J connectivity index is 1.12. The molecule has 9 heteroatoms. The second-order valence-corrected chi connectivity index (χ2v) is 9.56. The number of aryl methyl sites for hydroxylation is 1. The summed E-state index contributed by atoms with van der Waals surface area (Å²) in [6.07, 6.45) is 12.5. The molecule has 0 radical (unpaired) electrons. The molecule has 35 heavy (non-hydrogen) atoms. The van der Waals surface area contributed by atoms with Crippen molar-refractivity contribution in [2.24, 2.45) is 0 Å². The Kier molecular flexibility index (Phi) is 7.32. The normalized spacial score (nSPS) is 14.0. The molecule has 5 rings (SSSR count). The number of imidazole rings is 1. The van der Waals surface area contributed by atoms with Gasteiger partial charge in [-0.2, -0.15) is 0 Å². The summed E-state index contributed by atoms with van der Waals surface area (Å²) in [5.41, 5.74) is 2.29. The van der Waals surface area contributed by atoms with Gasteiger partial charge in [-0.25, -0.2) is 4.98 Å². The van der Waals surface area contributed by atoms with E-state index in [1.54, 1.807) is 23.9 Å². The molecule has 0 atom stereocenters. The largest absolute Gasteiger partial charge is 0.487 e. The van der Waals surface area contributed by atoms with Crippen LogP contribution in [0.1, 0.15) is 60.0 Å². The Bertz CT molecular complexity index is 1260. The number of thioether (sulfide) groups is 1. The zero-order valence-electron chi connectivity index (χ0n) is 19.9. The molecule has 0 bridgehead atoms. The standard InChI is InChI=1S/C26H30N6O2S/c1-35-26-30-29-24(32(26)21-9-2-3-10-21)13-7-14-27-25(33)19-8-6-11-22(16-19)34-18-20-17-31-15-5-4-12-23(31)28-20/h4-6,8,11-12,15-17,21H,2-3,7,9-10,13-14,18H2,1H3,(H,27,33). The molecule has 0 aliphatic heterocycles. The van der Waals surface area contributed by atoms with Crippen LogP contribution in [0.25, 0.3) is 5.65 Å². The van der Waals surface area contributed by atoms with Crippen molar-refractivity contribution in [2.45, 2.75) is 56.3 Å². The second-order valence-electron chi connectivity index (χ2n) is 8.79. The van der Waals surface area contributed by atoms with Gasteiger partial charge in [-0.05, 0) is 55.9 Å². The molecule has 1 fully saturated rings. The number of nitrogens with one attached hydrogen (secondary N) is 1. The average molecular weight is 491 g/mol. The van der Waals surface area contributed by atoms with Crippen LogP contribution in [-0.2, 0) is 13.0 Å². The van der Waals surface area contributed by atoms with Gasteiger partial charge in [0.1, 0.15) is 23.8 Å². The van der Waals surface area contributed by atoms with E-state index in [1.807, 2.05) is 47.1 Å². The summed E-state index contributed by atoms with van der Waals surface area (Å²) >= 11 is 1.65. The number of hydrogen-bond donors (Lipinski definition) is 1. The van der Waals surface area contributed by atoms with Crippen molar-refractivity contribution in [3.05, 3.63) is 71.9 Å². The summed E-state index contributed by atoms with van der Waals surface area (Å²) in [5.74, 6) is 1.56. The predicted octanol–water partition coefficient (Wildman–Crippen LogP) is 4.70. The molecular weight excluding hydrogens is 460 g/mol. The maximum absolute atomic E-state index is 12.7. The van der Waals surface area contributed by atoms with Gasteiger partial charge in [0, 0.05) is 37.0 Å². The van der Waals surface area contributed by atoms with E-state index in [2.05, 4.69) is 31.3 Å². The van der Waals surface area contributed by atoms with E-state index < -0.39 is 0 Å². The fourth-order valence-corrected chi connectivity index (χ4v) is 5.21. The Morgan fingerprint density at radius 3 is 2.89 bits per heavy atom. The molecule has 1 N–H and O–H groups in total. The maximum Gasteiger partial charge on any atom is 0.251 e. The highest BCUT2D eigenvalue weighted by atomic mass is 32.2. The van der Waals surface area contributed by atoms with E-state index in [9.17, 15) is 4.79 Å². The number of nitrogens with zero attached hydrogens (tertiary/aromatic N) is 5. The van der Waals surface area contributed by atoms with E-state index in [0.717, 1.165) is 35.2 Å². The van der Waals surface area contributed by atoms with Crippen LogP contribution in [0.2, 0.25) is 0 Å². The summed E-state index contributed by atoms with van der Waals surface area (Å²) in [6, 6.07) is 13.6. The predicted molar refractivity (Wildman–Crippen MR) is 136 cm³/mol. The van der Waals surface area contributed by atoms with Gasteiger partial charge in [0.2, 0.25) is 0 Å². The lowest BCUT2D eigenvalue weighted by Gasteiger charge is -2.16. The van der Waals surface area contributed by atoms with E-state index in [0.29, 0.717) is 30.5 Å². The second kappa shape index (κ2) is 10.9. The first kappa shape index (κ1) is 23.4. The first-order valence-electron chi connectivity index (χ1n) is 12.1. The Hall–Kier alpha value is -3.33. The van der Waals surface area contributed by atoms with Gasteiger partial charge in [0.05, 0.1) is 5.69 Å². The fraction of sp³-hybridized carbons (Fsp3) is 0.385. The van der Waals surface area contributed by atoms with Crippen LogP contribution < -0.4 is 10.1 Å². The van der Waals surface area contributed by atoms with Crippen LogP contribution in [0.5, 0.6) is 5.75 Å². The highest BCUT2D eigenvalue weighted by Gasteiger charge is 2.23. The summed E-state index contributed by atoms with van der Waals surface area (Å²) in [7, 11) is 0. The zero-order valence-corrected chi connectivity index (χ0v) is 20.7. The van der Waals surface area contributed by atoms with Crippen LogP contribution in [-0.4, -0.2) is 42.9 Å². The third-order valence-corrected chi connectivity index (χ3v) is 7.01. The number of fused-ring (bicyclic) bond motifs is 1. The summed E-state index contributed by atoms with van der Waals surface area (Å²) in [5, 5.41) is 12.8. The van der Waals surface area contributed by atoms with Gasteiger partial charge in [-0.15, -0.1) is 10.2 Å². The SMILES string of the molecule is CSc1nnc(CCCNC(=O)c2cccc(OCc3cn4ccccc4n3)c2)n1C1CCCC1. The van der Waals surface area contributed by atoms with Gasteiger partial charge < -0.3 is 19.0 Å². The maximum atomic E-state index is 12.7. The van der Waals surface area contributed by atoms with Gasteiger partial charge in [-0.1, -0.05) is 36.7 Å².